The number of allylic oxidation sites excluding steroid dienone is 17. The maximum absolute atomic E-state index is 13.1. The van der Waals surface area contributed by atoms with Gasteiger partial charge in [0.15, 0.2) is 6.29 Å². The molecule has 76 heavy (non-hydrogen) atoms. The molecular formula is C67H115NO8. The lowest BCUT2D eigenvalue weighted by molar-refractivity contribution is -0.302. The van der Waals surface area contributed by atoms with Crippen molar-refractivity contribution < 1.29 is 39.8 Å². The molecule has 0 aromatic carbocycles. The van der Waals surface area contributed by atoms with Crippen molar-refractivity contribution in [3.63, 3.8) is 0 Å². The summed E-state index contributed by atoms with van der Waals surface area (Å²) in [6, 6.07) is -0.842. The predicted molar refractivity (Wildman–Crippen MR) is 322 cm³/mol. The van der Waals surface area contributed by atoms with Crippen LogP contribution in [0.5, 0.6) is 0 Å². The Balaban J connectivity index is 2.26. The number of aliphatic hydroxyl groups is 5. The molecule has 7 atom stereocenters. The molecule has 436 valence electrons. The predicted octanol–water partition coefficient (Wildman–Crippen LogP) is 16.1. The monoisotopic (exact) mass is 1060 g/mol. The first kappa shape index (κ1) is 70.9. The number of unbranched alkanes of at least 4 members (excludes halogenated alkanes) is 26. The number of rotatable bonds is 52. The molecule has 1 amide bonds. The molecule has 1 saturated heterocycles. The van der Waals surface area contributed by atoms with E-state index in [4.69, 9.17) is 9.47 Å². The molecule has 1 rings (SSSR count). The Morgan fingerprint density at radius 1 is 0.461 bits per heavy atom. The van der Waals surface area contributed by atoms with Crippen LogP contribution in [0.3, 0.4) is 0 Å². The molecule has 1 aliphatic heterocycles. The average molecular weight is 1060 g/mol. The highest BCUT2D eigenvalue weighted by atomic mass is 16.7. The molecule has 0 saturated carbocycles. The van der Waals surface area contributed by atoms with E-state index in [1.807, 2.05) is 6.08 Å². The zero-order chi connectivity index (χ0) is 55.0. The zero-order valence-corrected chi connectivity index (χ0v) is 48.5. The fraction of sp³-hybridized carbons (Fsp3) is 0.716. The Morgan fingerprint density at radius 3 is 1.26 bits per heavy atom. The summed E-state index contributed by atoms with van der Waals surface area (Å²) in [5.74, 6) is -0.208. The van der Waals surface area contributed by atoms with Crippen LogP contribution in [0.2, 0.25) is 0 Å². The molecule has 9 nitrogen and oxygen atoms in total. The first-order valence-electron chi connectivity index (χ1n) is 31.1. The maximum Gasteiger partial charge on any atom is 0.220 e. The fourth-order valence-electron chi connectivity index (χ4n) is 9.21. The van der Waals surface area contributed by atoms with Crippen LogP contribution in [0.4, 0.5) is 0 Å². The summed E-state index contributed by atoms with van der Waals surface area (Å²) in [6.07, 6.45) is 74.5. The summed E-state index contributed by atoms with van der Waals surface area (Å²) in [5.41, 5.74) is 0. The third kappa shape index (κ3) is 43.8. The molecule has 0 aromatic heterocycles. The maximum atomic E-state index is 13.1. The van der Waals surface area contributed by atoms with Gasteiger partial charge in [-0.25, -0.2) is 0 Å². The first-order chi connectivity index (χ1) is 37.3. The summed E-state index contributed by atoms with van der Waals surface area (Å²) >= 11 is 0. The second kappa shape index (κ2) is 55.2. The topological polar surface area (TPSA) is 149 Å². The quantitative estimate of drug-likeness (QED) is 0.0261. The second-order valence-electron chi connectivity index (χ2n) is 21.1. The summed E-state index contributed by atoms with van der Waals surface area (Å²) in [6.45, 7) is 3.65. The van der Waals surface area contributed by atoms with Gasteiger partial charge in [0.2, 0.25) is 5.91 Å². The summed E-state index contributed by atoms with van der Waals surface area (Å²) in [4.78, 5) is 13.1. The van der Waals surface area contributed by atoms with Gasteiger partial charge in [0.25, 0.3) is 0 Å². The lowest BCUT2D eigenvalue weighted by Crippen LogP contribution is -2.60. The van der Waals surface area contributed by atoms with E-state index in [1.165, 1.54) is 128 Å². The van der Waals surface area contributed by atoms with Gasteiger partial charge in [0.05, 0.1) is 25.4 Å². The van der Waals surface area contributed by atoms with Crippen molar-refractivity contribution in [2.24, 2.45) is 0 Å². The highest BCUT2D eigenvalue weighted by molar-refractivity contribution is 5.76. The minimum atomic E-state index is -1.58. The molecule has 6 N–H and O–H groups in total. The van der Waals surface area contributed by atoms with E-state index in [9.17, 15) is 30.3 Å². The lowest BCUT2D eigenvalue weighted by Gasteiger charge is -2.40. The molecule has 0 radical (unpaired) electrons. The number of hydrogen-bond acceptors (Lipinski definition) is 8. The number of amides is 1. The highest BCUT2D eigenvalue weighted by Crippen LogP contribution is 2.23. The standard InChI is InChI=1S/C67H115NO8/c1-3-5-7-9-11-13-15-17-19-21-23-25-27-29-31-33-35-37-39-41-43-45-47-49-51-53-55-57-63(71)68-60(59-75-67-66(74)65(73)64(72)62(58-69)76-67)61(70)56-54-52-50-48-46-44-42-40-38-36-34-32-30-28-26-24-22-20-18-16-14-12-10-8-6-4-2/h5,7,11,13,17,19,23,25,29,31,35,37,41,43,46,48,54,56,60-62,64-67,69-70,72-74H,3-4,6,8-10,12,14-16,18,20-22,24,26-28,30,32-34,36,38-40,42,44-45,47,49-53,55,57-59H2,1-2H3,(H,68,71)/b7-5-,13-11-,19-17-,25-23-,31-29-,37-35-,43-41-,48-46+,56-54+. The van der Waals surface area contributed by atoms with Crippen LogP contribution in [0.1, 0.15) is 251 Å². The van der Waals surface area contributed by atoms with Crippen molar-refractivity contribution in [3.8, 4) is 0 Å². The van der Waals surface area contributed by atoms with Crippen LogP contribution in [0, 0.1) is 0 Å². The van der Waals surface area contributed by atoms with E-state index in [-0.39, 0.29) is 12.5 Å². The second-order valence-corrected chi connectivity index (χ2v) is 21.1. The summed E-state index contributed by atoms with van der Waals surface area (Å²) < 4.78 is 11.3. The minimum Gasteiger partial charge on any atom is -0.394 e. The Kier molecular flexibility index (Phi) is 51.4. The number of carbonyl (C=O) groups excluding carboxylic acids is 1. The molecule has 7 unspecified atom stereocenters. The van der Waals surface area contributed by atoms with Crippen LogP contribution in [0.25, 0.3) is 0 Å². The molecule has 0 spiro atoms. The van der Waals surface area contributed by atoms with Gasteiger partial charge in [-0.05, 0) is 89.9 Å². The average Bonchev–Trinajstić information content (AvgIpc) is 3.42. The number of hydrogen-bond donors (Lipinski definition) is 6. The zero-order valence-electron chi connectivity index (χ0n) is 48.5. The van der Waals surface area contributed by atoms with Gasteiger partial charge in [-0.2, -0.15) is 0 Å². The molecule has 1 heterocycles. The Bertz CT molecular complexity index is 1560. The van der Waals surface area contributed by atoms with Crippen molar-refractivity contribution in [2.45, 2.75) is 294 Å². The Labute approximate surface area is 466 Å². The fourth-order valence-corrected chi connectivity index (χ4v) is 9.21. The Morgan fingerprint density at radius 2 is 0.829 bits per heavy atom. The van der Waals surface area contributed by atoms with Crippen LogP contribution in [0.15, 0.2) is 109 Å². The third-order valence-corrected chi connectivity index (χ3v) is 14.1. The van der Waals surface area contributed by atoms with Crippen LogP contribution < -0.4 is 5.32 Å². The molecule has 1 aliphatic rings. The van der Waals surface area contributed by atoms with E-state index < -0.39 is 49.5 Å². The first-order valence-corrected chi connectivity index (χ1v) is 31.1. The van der Waals surface area contributed by atoms with E-state index >= 15 is 0 Å². The van der Waals surface area contributed by atoms with Gasteiger partial charge in [-0.3, -0.25) is 4.79 Å². The molecule has 0 aliphatic carbocycles. The smallest absolute Gasteiger partial charge is 0.220 e. The molecule has 1 fully saturated rings. The molecule has 0 bridgehead atoms. The summed E-state index contributed by atoms with van der Waals surface area (Å²) in [7, 11) is 0. The largest absolute Gasteiger partial charge is 0.394 e. The van der Waals surface area contributed by atoms with Gasteiger partial charge in [-0.1, -0.05) is 264 Å². The van der Waals surface area contributed by atoms with Gasteiger partial charge in [0, 0.05) is 6.42 Å². The van der Waals surface area contributed by atoms with E-state index in [1.54, 1.807) is 6.08 Å². The number of carbonyl (C=O) groups is 1. The van der Waals surface area contributed by atoms with Gasteiger partial charge < -0.3 is 40.3 Å². The minimum absolute atomic E-state index is 0.208. The molecular weight excluding hydrogens is 947 g/mol. The van der Waals surface area contributed by atoms with Crippen molar-refractivity contribution in [2.75, 3.05) is 13.2 Å². The molecule has 9 heteroatoms. The normalized spacial score (nSPS) is 19.6. The van der Waals surface area contributed by atoms with Crippen LogP contribution in [-0.2, 0) is 14.3 Å². The van der Waals surface area contributed by atoms with Gasteiger partial charge >= 0.3 is 0 Å². The van der Waals surface area contributed by atoms with E-state index in [0.717, 1.165) is 103 Å². The lowest BCUT2D eigenvalue weighted by atomic mass is 9.99. The highest BCUT2D eigenvalue weighted by Gasteiger charge is 2.44. The number of aliphatic hydroxyl groups excluding tert-OH is 5. The van der Waals surface area contributed by atoms with Crippen LogP contribution in [-0.4, -0.2) is 87.5 Å². The number of ether oxygens (including phenoxy) is 2. The van der Waals surface area contributed by atoms with Gasteiger partial charge in [0.1, 0.15) is 24.4 Å². The van der Waals surface area contributed by atoms with E-state index in [2.05, 4.69) is 116 Å². The van der Waals surface area contributed by atoms with E-state index in [0.29, 0.717) is 6.42 Å². The third-order valence-electron chi connectivity index (χ3n) is 14.1. The molecule has 0 aromatic rings. The van der Waals surface area contributed by atoms with Crippen molar-refractivity contribution in [1.29, 1.82) is 0 Å². The van der Waals surface area contributed by atoms with Crippen LogP contribution >= 0.6 is 0 Å². The summed E-state index contributed by atoms with van der Waals surface area (Å²) in [5, 5.41) is 54.6. The van der Waals surface area contributed by atoms with Gasteiger partial charge in [-0.15, -0.1) is 0 Å². The van der Waals surface area contributed by atoms with Crippen molar-refractivity contribution in [3.05, 3.63) is 109 Å². The Hall–Kier alpha value is -3.15. The van der Waals surface area contributed by atoms with Crippen molar-refractivity contribution >= 4 is 5.91 Å². The van der Waals surface area contributed by atoms with Crippen molar-refractivity contribution in [1.82, 2.24) is 5.32 Å². The SMILES string of the molecule is CC/C=C\C/C=C\C/C=C\C/C=C\C/C=C\C/C=C\C/C=C\CCCCCCCC(=O)NC(COC1OC(CO)C(O)C(O)C1O)C(O)/C=C/CC/C=C/CCCCCCCCCCCCCCCCCCCCCC. The number of nitrogens with one attached hydrogen (secondary N) is 1.